The van der Waals surface area contributed by atoms with Crippen molar-refractivity contribution in [2.45, 2.75) is 12.8 Å². The third-order valence-corrected chi connectivity index (χ3v) is 2.85. The van der Waals surface area contributed by atoms with Crippen molar-refractivity contribution in [2.75, 3.05) is 6.61 Å². The van der Waals surface area contributed by atoms with E-state index in [-0.39, 0.29) is 54.7 Å². The van der Waals surface area contributed by atoms with Gasteiger partial charge in [-0.2, -0.15) is 12.7 Å². The Morgan fingerprint density at radius 1 is 1.40 bits per heavy atom. The molecule has 0 atom stereocenters. The zero-order chi connectivity index (χ0) is 10.8. The van der Waals surface area contributed by atoms with Gasteiger partial charge in [0, 0.05) is 12.8 Å². The second-order valence-electron chi connectivity index (χ2n) is 2.58. The Morgan fingerprint density at radius 3 is 2.27 bits per heavy atom. The van der Waals surface area contributed by atoms with Crippen LogP contribution in [-0.2, 0) is 24.1 Å². The number of carbonyl (C=O) groups is 2. The largest absolute Gasteiger partial charge is 1.00 e. The number of hydrogen-bond acceptors (Lipinski definition) is 5. The zero-order valence-corrected chi connectivity index (χ0v) is 11.1. The summed E-state index contributed by atoms with van der Waals surface area (Å²) in [5.74, 6) is -1.50. The number of nitrogens with zero attached hydrogens (tertiary/aromatic N) is 1. The first kappa shape index (κ1) is 14.8. The van der Waals surface area contributed by atoms with E-state index in [1.165, 1.54) is 6.08 Å². The average Bonchev–Trinajstić information content (AvgIpc) is 2.43. The van der Waals surface area contributed by atoms with Crippen molar-refractivity contribution in [3.63, 3.8) is 0 Å². The van der Waals surface area contributed by atoms with Gasteiger partial charge in [0.15, 0.2) is 0 Å². The minimum Gasteiger partial charge on any atom is -1.00 e. The number of carbonyl (C=O) groups excluding carboxylic acids is 2. The van der Waals surface area contributed by atoms with Crippen LogP contribution in [0.3, 0.4) is 0 Å². The fraction of sp³-hybridized carbons (Fsp3) is 0.429. The number of amides is 2. The molecule has 0 radical (unpaired) electrons. The molecule has 0 N–H and O–H groups in total. The Balaban J connectivity index is 0. The van der Waals surface area contributed by atoms with Crippen molar-refractivity contribution >= 4 is 22.1 Å². The summed E-state index contributed by atoms with van der Waals surface area (Å²) in [6.45, 7) is 2.99. The Labute approximate surface area is 111 Å². The Morgan fingerprint density at radius 2 is 1.87 bits per heavy atom. The molecule has 1 fully saturated rings. The summed E-state index contributed by atoms with van der Waals surface area (Å²) in [6, 6.07) is 0. The molecule has 6 nitrogen and oxygen atoms in total. The third kappa shape index (κ3) is 3.39. The van der Waals surface area contributed by atoms with Gasteiger partial charge in [0.05, 0.1) is 6.61 Å². The van der Waals surface area contributed by atoms with Crippen LogP contribution in [0.1, 0.15) is 14.3 Å². The predicted molar refractivity (Wildman–Crippen MR) is 47.3 cm³/mol. The van der Waals surface area contributed by atoms with Gasteiger partial charge >= 0.3 is 39.9 Å². The van der Waals surface area contributed by atoms with Gasteiger partial charge in [-0.3, -0.25) is 9.59 Å². The molecule has 1 aliphatic heterocycles. The molecule has 80 valence electrons. The van der Waals surface area contributed by atoms with Crippen LogP contribution in [0, 0.1) is 0 Å². The minimum absolute atomic E-state index is 0. The number of hydrogen-bond donors (Lipinski definition) is 0. The standard InChI is InChI=1S/C7H9NO5S.Na.H/c1-2-5-13-14(11,12)8-6(9)3-4-7(8)10;;/h2H,1,3-5H2;;/q;+1;-1. The monoisotopic (exact) mass is 243 g/mol. The summed E-state index contributed by atoms with van der Waals surface area (Å²) in [5, 5.41) is 0. The van der Waals surface area contributed by atoms with Crippen molar-refractivity contribution in [3.05, 3.63) is 12.7 Å². The molecule has 1 aliphatic rings. The van der Waals surface area contributed by atoms with Crippen LogP contribution < -0.4 is 29.6 Å². The maximum absolute atomic E-state index is 11.2. The summed E-state index contributed by atoms with van der Waals surface area (Å²) in [7, 11) is -4.26. The maximum atomic E-state index is 11.2. The summed E-state index contributed by atoms with van der Waals surface area (Å²) < 4.78 is 27.0. The zero-order valence-electron chi connectivity index (χ0n) is 9.30. The Kier molecular flexibility index (Phi) is 5.68. The van der Waals surface area contributed by atoms with Crippen molar-refractivity contribution in [1.82, 2.24) is 4.31 Å². The Bertz CT molecular complexity index is 366. The molecule has 0 aromatic carbocycles. The fourth-order valence-electron chi connectivity index (χ4n) is 0.992. The molecule has 0 aromatic heterocycles. The summed E-state index contributed by atoms with van der Waals surface area (Å²) in [4.78, 5) is 22.0. The first-order chi connectivity index (χ1) is 6.49. The minimum atomic E-state index is -4.26. The van der Waals surface area contributed by atoms with Crippen LogP contribution in [0.15, 0.2) is 12.7 Å². The SMILES string of the molecule is C=CCOS(=O)(=O)N1C(=O)CCC1=O.[H-].[Na+]. The van der Waals surface area contributed by atoms with Crippen molar-refractivity contribution in [1.29, 1.82) is 0 Å². The molecule has 0 bridgehead atoms. The van der Waals surface area contributed by atoms with Gasteiger partial charge in [-0.25, -0.2) is 4.18 Å². The first-order valence-electron chi connectivity index (χ1n) is 3.85. The van der Waals surface area contributed by atoms with E-state index in [0.29, 0.717) is 0 Å². The van der Waals surface area contributed by atoms with E-state index < -0.39 is 22.1 Å². The fourth-order valence-corrected chi connectivity index (χ4v) is 2.05. The van der Waals surface area contributed by atoms with Crippen LogP contribution in [0.5, 0.6) is 0 Å². The van der Waals surface area contributed by atoms with E-state index in [1.807, 2.05) is 0 Å². The predicted octanol–water partition coefficient (Wildman–Crippen LogP) is -3.30. The van der Waals surface area contributed by atoms with E-state index in [4.69, 9.17) is 0 Å². The molecule has 0 aromatic rings. The molecular formula is C7H10NNaO5S. The smallest absolute Gasteiger partial charge is 1.00 e. The van der Waals surface area contributed by atoms with Crippen LogP contribution in [0.25, 0.3) is 0 Å². The van der Waals surface area contributed by atoms with E-state index >= 15 is 0 Å². The molecular weight excluding hydrogens is 233 g/mol. The van der Waals surface area contributed by atoms with Crippen LogP contribution >= 0.6 is 0 Å². The number of rotatable bonds is 4. The van der Waals surface area contributed by atoms with E-state index in [0.717, 1.165) is 0 Å². The summed E-state index contributed by atoms with van der Waals surface area (Å²) >= 11 is 0. The van der Waals surface area contributed by atoms with Crippen LogP contribution in [-0.4, -0.2) is 31.1 Å². The molecule has 0 aliphatic carbocycles. The van der Waals surface area contributed by atoms with E-state index in [9.17, 15) is 18.0 Å². The van der Waals surface area contributed by atoms with Crippen molar-refractivity contribution in [3.8, 4) is 0 Å². The van der Waals surface area contributed by atoms with Gasteiger partial charge in [-0.05, 0) is 0 Å². The molecule has 1 rings (SSSR count). The normalized spacial score (nSPS) is 16.4. The first-order valence-corrected chi connectivity index (χ1v) is 5.22. The molecule has 1 saturated heterocycles. The van der Waals surface area contributed by atoms with Crippen molar-refractivity contribution < 1.29 is 53.2 Å². The average molecular weight is 243 g/mol. The third-order valence-electron chi connectivity index (χ3n) is 1.56. The molecule has 15 heavy (non-hydrogen) atoms. The summed E-state index contributed by atoms with van der Waals surface area (Å²) in [5.41, 5.74) is 0. The topological polar surface area (TPSA) is 80.8 Å². The van der Waals surface area contributed by atoms with Gasteiger partial charge in [-0.1, -0.05) is 6.08 Å². The van der Waals surface area contributed by atoms with Gasteiger partial charge in [0.1, 0.15) is 0 Å². The van der Waals surface area contributed by atoms with E-state index in [1.54, 1.807) is 0 Å². The van der Waals surface area contributed by atoms with Gasteiger partial charge in [-0.15, -0.1) is 6.58 Å². The molecule has 0 saturated carbocycles. The second-order valence-corrected chi connectivity index (χ2v) is 4.04. The number of imide groups is 1. The van der Waals surface area contributed by atoms with E-state index in [2.05, 4.69) is 10.8 Å². The quantitative estimate of drug-likeness (QED) is 0.293. The molecule has 0 spiro atoms. The molecule has 2 amide bonds. The molecule has 1 heterocycles. The van der Waals surface area contributed by atoms with Gasteiger partial charge in [0.25, 0.3) is 0 Å². The second kappa shape index (κ2) is 5.76. The maximum Gasteiger partial charge on any atom is 1.00 e. The van der Waals surface area contributed by atoms with Gasteiger partial charge < -0.3 is 1.43 Å². The summed E-state index contributed by atoms with van der Waals surface area (Å²) in [6.07, 6.45) is 1.04. The molecule has 0 unspecified atom stereocenters. The van der Waals surface area contributed by atoms with Crippen molar-refractivity contribution in [2.24, 2.45) is 0 Å². The van der Waals surface area contributed by atoms with Gasteiger partial charge in [0.2, 0.25) is 11.8 Å². The molecule has 8 heteroatoms. The van der Waals surface area contributed by atoms with Crippen LogP contribution in [0.2, 0.25) is 0 Å². The Hall–Kier alpha value is -0.210. The van der Waals surface area contributed by atoms with Crippen LogP contribution in [0.4, 0.5) is 0 Å².